The SMILES string of the molecule is COc1c(C)cc(NC(=O)C(C)(C)N)cc1C. The van der Waals surface area contributed by atoms with Gasteiger partial charge in [-0.3, -0.25) is 4.79 Å². The lowest BCUT2D eigenvalue weighted by Gasteiger charge is -2.19. The van der Waals surface area contributed by atoms with Crippen LogP contribution in [0.1, 0.15) is 25.0 Å². The zero-order valence-electron chi connectivity index (χ0n) is 11.0. The molecule has 0 aromatic heterocycles. The van der Waals surface area contributed by atoms with Gasteiger partial charge >= 0.3 is 0 Å². The maximum absolute atomic E-state index is 11.7. The summed E-state index contributed by atoms with van der Waals surface area (Å²) in [5.41, 5.74) is 7.54. The normalized spacial score (nSPS) is 11.2. The highest BCUT2D eigenvalue weighted by Gasteiger charge is 2.22. The Kier molecular flexibility index (Phi) is 3.78. The van der Waals surface area contributed by atoms with Gasteiger partial charge in [0.15, 0.2) is 0 Å². The van der Waals surface area contributed by atoms with Gasteiger partial charge in [-0.2, -0.15) is 0 Å². The molecule has 1 aromatic carbocycles. The Hall–Kier alpha value is -1.55. The van der Waals surface area contributed by atoms with Gasteiger partial charge in [-0.1, -0.05) is 0 Å². The first-order valence-corrected chi connectivity index (χ1v) is 5.51. The van der Waals surface area contributed by atoms with E-state index in [-0.39, 0.29) is 5.91 Å². The summed E-state index contributed by atoms with van der Waals surface area (Å²) >= 11 is 0. The summed E-state index contributed by atoms with van der Waals surface area (Å²) in [6.07, 6.45) is 0. The molecule has 0 unspecified atom stereocenters. The lowest BCUT2D eigenvalue weighted by atomic mass is 10.1. The Morgan fingerprint density at radius 2 is 1.76 bits per heavy atom. The van der Waals surface area contributed by atoms with Crippen molar-refractivity contribution in [3.63, 3.8) is 0 Å². The first kappa shape index (κ1) is 13.5. The minimum Gasteiger partial charge on any atom is -0.496 e. The predicted molar refractivity (Wildman–Crippen MR) is 69.4 cm³/mol. The van der Waals surface area contributed by atoms with E-state index < -0.39 is 5.54 Å². The van der Waals surface area contributed by atoms with Gasteiger partial charge in [0.2, 0.25) is 5.91 Å². The number of hydrogen-bond donors (Lipinski definition) is 2. The van der Waals surface area contributed by atoms with E-state index in [0.717, 1.165) is 22.6 Å². The summed E-state index contributed by atoms with van der Waals surface area (Å²) in [6.45, 7) is 7.22. The van der Waals surface area contributed by atoms with Crippen LogP contribution in [0, 0.1) is 13.8 Å². The third-order valence-electron chi connectivity index (χ3n) is 2.51. The molecule has 0 saturated heterocycles. The summed E-state index contributed by atoms with van der Waals surface area (Å²) in [4.78, 5) is 11.7. The Bertz CT molecular complexity index is 411. The van der Waals surface area contributed by atoms with Gasteiger partial charge in [-0.25, -0.2) is 0 Å². The van der Waals surface area contributed by atoms with Crippen LogP contribution in [0.5, 0.6) is 5.75 Å². The first-order chi connectivity index (χ1) is 7.75. The molecule has 0 heterocycles. The van der Waals surface area contributed by atoms with Crippen molar-refractivity contribution in [2.75, 3.05) is 12.4 Å². The Labute approximate surface area is 102 Å². The summed E-state index contributed by atoms with van der Waals surface area (Å²) < 4.78 is 5.27. The van der Waals surface area contributed by atoms with Crippen LogP contribution in [0.4, 0.5) is 5.69 Å². The molecule has 1 rings (SSSR count). The molecule has 0 aliphatic heterocycles. The van der Waals surface area contributed by atoms with Gasteiger partial charge in [-0.05, 0) is 51.0 Å². The minimum absolute atomic E-state index is 0.207. The summed E-state index contributed by atoms with van der Waals surface area (Å²) in [7, 11) is 1.64. The average molecular weight is 236 g/mol. The van der Waals surface area contributed by atoms with Crippen LogP contribution >= 0.6 is 0 Å². The standard InChI is InChI=1S/C13H20N2O2/c1-8-6-10(7-9(2)11(8)17-5)15-12(16)13(3,4)14/h6-7H,14H2,1-5H3,(H,15,16). The van der Waals surface area contributed by atoms with Crippen molar-refractivity contribution in [2.24, 2.45) is 5.73 Å². The van der Waals surface area contributed by atoms with Gasteiger partial charge in [0.25, 0.3) is 0 Å². The van der Waals surface area contributed by atoms with Crippen molar-refractivity contribution in [3.8, 4) is 5.75 Å². The molecule has 4 nitrogen and oxygen atoms in total. The monoisotopic (exact) mass is 236 g/mol. The van der Waals surface area contributed by atoms with Gasteiger partial charge < -0.3 is 15.8 Å². The largest absolute Gasteiger partial charge is 0.496 e. The minimum atomic E-state index is -0.887. The fourth-order valence-corrected chi connectivity index (χ4v) is 1.64. The van der Waals surface area contributed by atoms with Gasteiger partial charge in [0, 0.05) is 5.69 Å². The summed E-state index contributed by atoms with van der Waals surface area (Å²) in [5.74, 6) is 0.636. The number of nitrogens with two attached hydrogens (primary N) is 1. The molecule has 0 aliphatic rings. The molecule has 0 aliphatic carbocycles. The van der Waals surface area contributed by atoms with E-state index in [1.54, 1.807) is 21.0 Å². The molecule has 0 bridgehead atoms. The number of amides is 1. The van der Waals surface area contributed by atoms with Gasteiger partial charge in [0.05, 0.1) is 12.6 Å². The van der Waals surface area contributed by atoms with Crippen LogP contribution in [0.15, 0.2) is 12.1 Å². The number of aryl methyl sites for hydroxylation is 2. The number of anilines is 1. The smallest absolute Gasteiger partial charge is 0.243 e. The van der Waals surface area contributed by atoms with Crippen LogP contribution < -0.4 is 15.8 Å². The number of carbonyl (C=O) groups excluding carboxylic acids is 1. The highest BCUT2D eigenvalue weighted by atomic mass is 16.5. The summed E-state index contributed by atoms with van der Waals surface area (Å²) in [6, 6.07) is 3.74. The fourth-order valence-electron chi connectivity index (χ4n) is 1.64. The van der Waals surface area contributed by atoms with Crippen molar-refractivity contribution in [1.82, 2.24) is 0 Å². The van der Waals surface area contributed by atoms with Crippen molar-refractivity contribution >= 4 is 11.6 Å². The number of ether oxygens (including phenoxy) is 1. The van der Waals surface area contributed by atoms with Crippen molar-refractivity contribution in [3.05, 3.63) is 23.3 Å². The molecule has 17 heavy (non-hydrogen) atoms. The zero-order chi connectivity index (χ0) is 13.2. The maximum Gasteiger partial charge on any atom is 0.243 e. The van der Waals surface area contributed by atoms with E-state index in [0.29, 0.717) is 0 Å². The highest BCUT2D eigenvalue weighted by Crippen LogP contribution is 2.26. The Balaban J connectivity index is 2.99. The number of rotatable bonds is 3. The van der Waals surface area contributed by atoms with E-state index >= 15 is 0 Å². The third kappa shape index (κ3) is 3.20. The van der Waals surface area contributed by atoms with Crippen molar-refractivity contribution in [2.45, 2.75) is 33.2 Å². The van der Waals surface area contributed by atoms with Crippen LogP contribution in [0.25, 0.3) is 0 Å². The van der Waals surface area contributed by atoms with Crippen LogP contribution in [0.3, 0.4) is 0 Å². The van der Waals surface area contributed by atoms with Crippen LogP contribution in [0.2, 0.25) is 0 Å². The number of carbonyl (C=O) groups is 1. The molecule has 3 N–H and O–H groups in total. The van der Waals surface area contributed by atoms with E-state index in [1.807, 2.05) is 26.0 Å². The lowest BCUT2D eigenvalue weighted by Crippen LogP contribution is -2.45. The zero-order valence-corrected chi connectivity index (χ0v) is 11.0. The number of benzene rings is 1. The molecule has 1 amide bonds. The molecule has 4 heteroatoms. The molecule has 0 spiro atoms. The van der Waals surface area contributed by atoms with Crippen LogP contribution in [-0.2, 0) is 4.79 Å². The van der Waals surface area contributed by atoms with Gasteiger partial charge in [-0.15, -0.1) is 0 Å². The molecule has 1 aromatic rings. The molecular weight excluding hydrogens is 216 g/mol. The molecule has 0 radical (unpaired) electrons. The van der Waals surface area contributed by atoms with E-state index in [4.69, 9.17) is 10.5 Å². The van der Waals surface area contributed by atoms with Crippen molar-refractivity contribution in [1.29, 1.82) is 0 Å². The Morgan fingerprint density at radius 3 is 2.12 bits per heavy atom. The van der Waals surface area contributed by atoms with E-state index in [1.165, 1.54) is 0 Å². The quantitative estimate of drug-likeness (QED) is 0.843. The second-order valence-corrected chi connectivity index (χ2v) is 4.82. The average Bonchev–Trinajstić information content (AvgIpc) is 2.15. The first-order valence-electron chi connectivity index (χ1n) is 5.51. The molecule has 0 saturated carbocycles. The van der Waals surface area contributed by atoms with Gasteiger partial charge in [0.1, 0.15) is 5.75 Å². The van der Waals surface area contributed by atoms with E-state index in [2.05, 4.69) is 5.32 Å². The predicted octanol–water partition coefficient (Wildman–Crippen LogP) is 1.99. The van der Waals surface area contributed by atoms with Crippen molar-refractivity contribution < 1.29 is 9.53 Å². The lowest BCUT2D eigenvalue weighted by molar-refractivity contribution is -0.120. The molecule has 0 atom stereocenters. The topological polar surface area (TPSA) is 64.3 Å². The second kappa shape index (κ2) is 4.75. The van der Waals surface area contributed by atoms with E-state index in [9.17, 15) is 4.79 Å². The fraction of sp³-hybridized carbons (Fsp3) is 0.462. The molecular formula is C13H20N2O2. The number of hydrogen-bond acceptors (Lipinski definition) is 3. The molecule has 94 valence electrons. The number of methoxy groups -OCH3 is 1. The third-order valence-corrected chi connectivity index (χ3v) is 2.51. The summed E-state index contributed by atoms with van der Waals surface area (Å²) in [5, 5.41) is 2.80. The Morgan fingerprint density at radius 1 is 1.29 bits per heavy atom. The number of nitrogens with one attached hydrogen (secondary N) is 1. The maximum atomic E-state index is 11.7. The highest BCUT2D eigenvalue weighted by molar-refractivity contribution is 5.97. The molecule has 0 fully saturated rings. The van der Waals surface area contributed by atoms with Crippen LogP contribution in [-0.4, -0.2) is 18.6 Å². The second-order valence-electron chi connectivity index (χ2n) is 4.82.